The lowest BCUT2D eigenvalue weighted by molar-refractivity contribution is 0.146. The first-order valence-electron chi connectivity index (χ1n) is 7.82. The highest BCUT2D eigenvalue weighted by Crippen LogP contribution is 2.41. The van der Waals surface area contributed by atoms with Crippen LogP contribution < -0.4 is 9.46 Å². The molecule has 0 atom stereocenters. The van der Waals surface area contributed by atoms with Crippen LogP contribution in [0.2, 0.25) is 0 Å². The van der Waals surface area contributed by atoms with Crippen LogP contribution in [0, 0.1) is 13.8 Å². The summed E-state index contributed by atoms with van der Waals surface area (Å²) in [6.07, 6.45) is 0.140. The van der Waals surface area contributed by atoms with Gasteiger partial charge in [-0.1, -0.05) is 35.6 Å². The molecule has 3 aromatic rings. The first-order valence-corrected chi connectivity index (χ1v) is 10.1. The van der Waals surface area contributed by atoms with Crippen LogP contribution in [0.1, 0.15) is 11.1 Å². The topological polar surface area (TPSA) is 106 Å². The first-order chi connectivity index (χ1) is 12.8. The molecule has 140 valence electrons. The third-order valence-corrected chi connectivity index (χ3v) is 6.23. The van der Waals surface area contributed by atoms with Gasteiger partial charge in [-0.25, -0.2) is 13.2 Å². The van der Waals surface area contributed by atoms with E-state index in [-0.39, 0.29) is 15.6 Å². The van der Waals surface area contributed by atoms with Gasteiger partial charge in [0, 0.05) is 6.20 Å². The molecule has 0 amide bonds. The van der Waals surface area contributed by atoms with Crippen molar-refractivity contribution in [3.63, 3.8) is 0 Å². The van der Waals surface area contributed by atoms with Crippen LogP contribution in [0.15, 0.2) is 53.6 Å². The summed E-state index contributed by atoms with van der Waals surface area (Å²) < 4.78 is 32.6. The van der Waals surface area contributed by atoms with Crippen molar-refractivity contribution in [2.75, 3.05) is 4.72 Å². The molecule has 0 spiro atoms. The fourth-order valence-corrected chi connectivity index (χ4v) is 4.70. The Morgan fingerprint density at radius 1 is 1.19 bits per heavy atom. The number of anilines is 1. The number of nitrogens with zero attached hydrogens (tertiary/aromatic N) is 1. The van der Waals surface area contributed by atoms with Gasteiger partial charge in [-0.2, -0.15) is 0 Å². The Balaban J connectivity index is 2.02. The van der Waals surface area contributed by atoms with Crippen molar-refractivity contribution >= 4 is 33.2 Å². The fourth-order valence-electron chi connectivity index (χ4n) is 2.40. The molecule has 1 aromatic carbocycles. The molecule has 0 bridgehead atoms. The molecule has 9 heteroatoms. The summed E-state index contributed by atoms with van der Waals surface area (Å²) in [7, 11) is -3.91. The molecule has 2 aromatic heterocycles. The van der Waals surface area contributed by atoms with E-state index in [1.165, 1.54) is 12.1 Å². The zero-order chi connectivity index (χ0) is 19.6. The van der Waals surface area contributed by atoms with E-state index in [9.17, 15) is 13.2 Å². The van der Waals surface area contributed by atoms with Gasteiger partial charge in [0.15, 0.2) is 0 Å². The molecule has 0 saturated carbocycles. The second-order valence-electron chi connectivity index (χ2n) is 5.77. The van der Waals surface area contributed by atoms with Crippen molar-refractivity contribution in [2.24, 2.45) is 0 Å². The highest BCUT2D eigenvalue weighted by Gasteiger charge is 2.22. The van der Waals surface area contributed by atoms with Crippen LogP contribution in [0.4, 0.5) is 10.5 Å². The Kier molecular flexibility index (Phi) is 5.15. The number of hydrogen-bond acceptors (Lipinski definition) is 6. The van der Waals surface area contributed by atoms with Gasteiger partial charge in [0.25, 0.3) is 10.0 Å². The quantitative estimate of drug-likeness (QED) is 0.615. The molecule has 0 radical (unpaired) electrons. The number of aromatic nitrogens is 1. The summed E-state index contributed by atoms with van der Waals surface area (Å²) >= 11 is 0.994. The number of benzene rings is 1. The van der Waals surface area contributed by atoms with Gasteiger partial charge in [-0.3, -0.25) is 9.71 Å². The lowest BCUT2D eigenvalue weighted by Crippen LogP contribution is -2.15. The number of ether oxygens (including phenoxy) is 1. The minimum atomic E-state index is -3.91. The Bertz CT molecular complexity index is 1090. The van der Waals surface area contributed by atoms with Crippen LogP contribution in [0.3, 0.4) is 0 Å². The van der Waals surface area contributed by atoms with Gasteiger partial charge in [0.2, 0.25) is 5.06 Å². The number of pyridine rings is 1. The second kappa shape index (κ2) is 7.37. The van der Waals surface area contributed by atoms with Crippen LogP contribution in [0.25, 0.3) is 10.6 Å². The highest BCUT2D eigenvalue weighted by atomic mass is 32.2. The van der Waals surface area contributed by atoms with Crippen molar-refractivity contribution in [3.8, 4) is 15.6 Å². The largest absolute Gasteiger partial charge is 0.512 e. The van der Waals surface area contributed by atoms with Gasteiger partial charge in [0.05, 0.1) is 15.5 Å². The average molecular weight is 404 g/mol. The molecule has 0 unspecified atom stereocenters. The van der Waals surface area contributed by atoms with Crippen LogP contribution in [-0.2, 0) is 10.0 Å². The van der Waals surface area contributed by atoms with Crippen molar-refractivity contribution in [1.82, 2.24) is 4.98 Å². The summed E-state index contributed by atoms with van der Waals surface area (Å²) in [5, 5.41) is 8.89. The van der Waals surface area contributed by atoms with Gasteiger partial charge in [-0.05, 0) is 43.2 Å². The predicted molar refractivity (Wildman–Crippen MR) is 103 cm³/mol. The second-order valence-corrected chi connectivity index (χ2v) is 8.44. The van der Waals surface area contributed by atoms with Crippen molar-refractivity contribution in [3.05, 3.63) is 59.8 Å². The molecule has 7 nitrogen and oxygen atoms in total. The molecular weight excluding hydrogens is 388 g/mol. The molecule has 3 rings (SSSR count). The lowest BCUT2D eigenvalue weighted by Gasteiger charge is -2.10. The maximum atomic E-state index is 12.7. The Hall–Kier alpha value is -2.91. The maximum absolute atomic E-state index is 12.7. The van der Waals surface area contributed by atoms with Gasteiger partial charge in [0.1, 0.15) is 5.69 Å². The monoisotopic (exact) mass is 404 g/mol. The summed E-state index contributed by atoms with van der Waals surface area (Å²) in [5.74, 6) is 0. The molecule has 0 aliphatic rings. The SMILES string of the molecule is Cc1ccc(-c2cc(NS(=O)(=O)c3ccccc3C)c(OC(=O)O)s2)nc1. The maximum Gasteiger partial charge on any atom is 0.512 e. The van der Waals surface area contributed by atoms with Crippen LogP contribution in [0.5, 0.6) is 5.06 Å². The third kappa shape index (κ3) is 4.26. The number of rotatable bonds is 5. The number of hydrogen-bond donors (Lipinski definition) is 2. The number of nitrogens with one attached hydrogen (secondary N) is 1. The zero-order valence-corrected chi connectivity index (χ0v) is 16.1. The van der Waals surface area contributed by atoms with Crippen LogP contribution >= 0.6 is 11.3 Å². The Morgan fingerprint density at radius 3 is 2.56 bits per heavy atom. The van der Waals surface area contributed by atoms with E-state index < -0.39 is 16.2 Å². The minimum Gasteiger partial charge on any atom is -0.449 e. The van der Waals surface area contributed by atoms with Crippen molar-refractivity contribution in [2.45, 2.75) is 18.7 Å². The molecular formula is C18H16N2O5S2. The number of sulfonamides is 1. The average Bonchev–Trinajstić information content (AvgIpc) is 2.97. The number of thiophene rings is 1. The lowest BCUT2D eigenvalue weighted by atomic mass is 10.2. The Morgan fingerprint density at radius 2 is 1.93 bits per heavy atom. The van der Waals surface area contributed by atoms with Crippen LogP contribution in [-0.4, -0.2) is 24.7 Å². The summed E-state index contributed by atoms with van der Waals surface area (Å²) in [6.45, 7) is 3.57. The molecule has 0 aliphatic heterocycles. The van der Waals surface area contributed by atoms with Gasteiger partial charge < -0.3 is 9.84 Å². The third-order valence-electron chi connectivity index (χ3n) is 3.67. The summed E-state index contributed by atoms with van der Waals surface area (Å²) in [6, 6.07) is 11.6. The molecule has 0 fully saturated rings. The van der Waals surface area contributed by atoms with Gasteiger partial charge in [-0.15, -0.1) is 0 Å². The summed E-state index contributed by atoms with van der Waals surface area (Å²) in [5.41, 5.74) is 2.17. The minimum absolute atomic E-state index is 0.0445. The number of carbonyl (C=O) groups is 1. The molecule has 0 aliphatic carbocycles. The van der Waals surface area contributed by atoms with E-state index in [2.05, 4.69) is 9.71 Å². The van der Waals surface area contributed by atoms with Crippen molar-refractivity contribution < 1.29 is 23.1 Å². The molecule has 0 saturated heterocycles. The summed E-state index contributed by atoms with van der Waals surface area (Å²) in [4.78, 5) is 16.0. The highest BCUT2D eigenvalue weighted by molar-refractivity contribution is 7.92. The zero-order valence-electron chi connectivity index (χ0n) is 14.5. The molecule has 2 heterocycles. The van der Waals surface area contributed by atoms with E-state index >= 15 is 0 Å². The predicted octanol–water partition coefficient (Wildman–Crippen LogP) is 4.28. The standard InChI is InChI=1S/C18H16N2O5S2/c1-11-7-8-13(19-10-11)15-9-14(17(26-15)25-18(21)22)20-27(23,24)16-6-4-3-5-12(16)2/h3-10,20H,1-2H3,(H,21,22). The van der Waals surface area contributed by atoms with E-state index in [1.807, 2.05) is 13.0 Å². The van der Waals surface area contributed by atoms with E-state index in [1.54, 1.807) is 37.4 Å². The molecule has 2 N–H and O–H groups in total. The first kappa shape index (κ1) is 18.9. The van der Waals surface area contributed by atoms with Gasteiger partial charge >= 0.3 is 6.16 Å². The molecule has 27 heavy (non-hydrogen) atoms. The van der Waals surface area contributed by atoms with E-state index in [0.717, 1.165) is 16.9 Å². The fraction of sp³-hybridized carbons (Fsp3) is 0.111. The number of aryl methyl sites for hydroxylation is 2. The van der Waals surface area contributed by atoms with E-state index in [0.29, 0.717) is 16.1 Å². The Labute approximate surface area is 160 Å². The smallest absolute Gasteiger partial charge is 0.449 e. The number of carboxylic acid groups (broad SMARTS) is 1. The van der Waals surface area contributed by atoms with Crippen molar-refractivity contribution in [1.29, 1.82) is 0 Å². The van der Waals surface area contributed by atoms with E-state index in [4.69, 9.17) is 9.84 Å². The normalized spacial score (nSPS) is 11.2.